The minimum Gasteiger partial charge on any atom is -0.382 e. The normalized spacial score (nSPS) is 15.8. The maximum Gasteiger partial charge on any atom is 0.245 e. The van der Waals surface area contributed by atoms with Crippen LogP contribution in [0.1, 0.15) is 26.3 Å². The zero-order valence-corrected chi connectivity index (χ0v) is 14.7. The number of hydrogen-bond acceptors (Lipinski definition) is 3. The third-order valence-electron chi connectivity index (χ3n) is 2.68. The van der Waals surface area contributed by atoms with Gasteiger partial charge in [0, 0.05) is 16.0 Å². The maximum atomic E-state index is 12.7. The molecule has 0 spiro atoms. The summed E-state index contributed by atoms with van der Waals surface area (Å²) < 4.78 is 5.84. The first-order valence-corrected chi connectivity index (χ1v) is 10.4. The fourth-order valence-electron chi connectivity index (χ4n) is 1.86. The Balaban J connectivity index is 3.34. The van der Waals surface area contributed by atoms with Crippen molar-refractivity contribution in [2.75, 3.05) is 0 Å². The third kappa shape index (κ3) is 4.15. The highest BCUT2D eigenvalue weighted by Gasteiger charge is 2.47. The van der Waals surface area contributed by atoms with E-state index in [1.165, 1.54) is 0 Å². The van der Waals surface area contributed by atoms with E-state index >= 15 is 0 Å². The van der Waals surface area contributed by atoms with E-state index in [-0.39, 0.29) is 5.78 Å². The number of carbonyl (C=O) groups is 1. The van der Waals surface area contributed by atoms with Gasteiger partial charge in [-0.3, -0.25) is 4.79 Å². The van der Waals surface area contributed by atoms with E-state index in [9.17, 15) is 9.90 Å². The van der Waals surface area contributed by atoms with Crippen LogP contribution in [0.15, 0.2) is 24.3 Å². The van der Waals surface area contributed by atoms with Gasteiger partial charge in [-0.05, 0) is 31.8 Å². The summed E-state index contributed by atoms with van der Waals surface area (Å²) in [7, 11) is -2.13. The average Bonchev–Trinajstić information content (AvgIpc) is 2.25. The summed E-state index contributed by atoms with van der Waals surface area (Å²) in [4.78, 5) is 12.7. The summed E-state index contributed by atoms with van der Waals surface area (Å²) in [6.07, 6.45) is 0. The van der Waals surface area contributed by atoms with Gasteiger partial charge in [-0.15, -0.1) is 0 Å². The zero-order valence-electron chi connectivity index (χ0n) is 13.0. The van der Waals surface area contributed by atoms with Crippen LogP contribution < -0.4 is 0 Å². The second-order valence-corrected chi connectivity index (χ2v) is 11.8. The molecule has 0 radical (unpaired) electrons. The van der Waals surface area contributed by atoms with Crippen molar-refractivity contribution in [2.45, 2.75) is 46.2 Å². The predicted molar refractivity (Wildman–Crippen MR) is 84.2 cm³/mol. The van der Waals surface area contributed by atoms with E-state index in [0.29, 0.717) is 10.6 Å². The van der Waals surface area contributed by atoms with Crippen LogP contribution in [0.5, 0.6) is 0 Å². The molecule has 1 aromatic rings. The molecule has 112 valence electrons. The molecule has 0 amide bonds. The fourth-order valence-corrected chi connectivity index (χ4v) is 3.09. The lowest BCUT2D eigenvalue weighted by molar-refractivity contribution is -0.187. The molecule has 1 aromatic carbocycles. The van der Waals surface area contributed by atoms with Gasteiger partial charge < -0.3 is 9.53 Å². The largest absolute Gasteiger partial charge is 0.382 e. The van der Waals surface area contributed by atoms with Crippen molar-refractivity contribution in [1.29, 1.82) is 0 Å². The zero-order chi connectivity index (χ0) is 15.8. The molecule has 0 bridgehead atoms. The minimum atomic E-state index is -2.13. The molecule has 1 N–H and O–H groups in total. The number of benzene rings is 1. The Hall–Kier alpha value is -0.683. The van der Waals surface area contributed by atoms with Crippen LogP contribution in [0.25, 0.3) is 0 Å². The monoisotopic (exact) mass is 314 g/mol. The van der Waals surface area contributed by atoms with Gasteiger partial charge in [-0.1, -0.05) is 44.5 Å². The van der Waals surface area contributed by atoms with Gasteiger partial charge in [0.2, 0.25) is 11.6 Å². The van der Waals surface area contributed by atoms with E-state index in [2.05, 4.69) is 0 Å². The highest BCUT2D eigenvalue weighted by molar-refractivity contribution is 6.70. The van der Waals surface area contributed by atoms with E-state index in [1.54, 1.807) is 45.0 Å². The summed E-state index contributed by atoms with van der Waals surface area (Å²) in [5.74, 6) is -2.28. The summed E-state index contributed by atoms with van der Waals surface area (Å²) in [6.45, 7) is 11.1. The minimum absolute atomic E-state index is 0.352. The van der Waals surface area contributed by atoms with Crippen LogP contribution in [-0.2, 0) is 15.0 Å². The highest BCUT2D eigenvalue weighted by atomic mass is 35.5. The smallest absolute Gasteiger partial charge is 0.245 e. The Labute approximate surface area is 127 Å². The fraction of sp³-hybridized carbons (Fsp3) is 0.533. The molecule has 0 saturated carbocycles. The molecule has 1 rings (SSSR count). The van der Waals surface area contributed by atoms with Crippen molar-refractivity contribution >= 4 is 25.7 Å². The second kappa shape index (κ2) is 5.60. The molecule has 5 heteroatoms. The van der Waals surface area contributed by atoms with E-state index < -0.39 is 19.5 Å². The van der Waals surface area contributed by atoms with Crippen molar-refractivity contribution in [3.05, 3.63) is 34.9 Å². The molecule has 0 aliphatic carbocycles. The summed E-state index contributed by atoms with van der Waals surface area (Å²) in [6, 6.07) is 6.55. The topological polar surface area (TPSA) is 46.5 Å². The van der Waals surface area contributed by atoms with Crippen LogP contribution in [0.3, 0.4) is 0 Å². The first-order valence-electron chi connectivity index (χ1n) is 6.60. The SMILES string of the molecule is CC(C)(C)C(=O)C(O)(O[Si](C)(C)C)c1ccc(Cl)cc1. The number of Topliss-reactive ketones (excluding diaryl/α,β-unsaturated/α-hetero) is 1. The lowest BCUT2D eigenvalue weighted by atomic mass is 9.83. The van der Waals surface area contributed by atoms with Crippen molar-refractivity contribution < 1.29 is 14.3 Å². The van der Waals surface area contributed by atoms with E-state index in [0.717, 1.165) is 0 Å². The summed E-state index contributed by atoms with van der Waals surface area (Å²) >= 11 is 5.87. The van der Waals surface area contributed by atoms with Gasteiger partial charge in [0.15, 0.2) is 8.32 Å². The number of halogens is 1. The van der Waals surface area contributed by atoms with Crippen molar-refractivity contribution in [3.63, 3.8) is 0 Å². The quantitative estimate of drug-likeness (QED) is 0.676. The lowest BCUT2D eigenvalue weighted by Crippen LogP contribution is -2.50. The Morgan fingerprint density at radius 1 is 1.15 bits per heavy atom. The number of carbonyl (C=O) groups excluding carboxylic acids is 1. The van der Waals surface area contributed by atoms with Crippen LogP contribution in [-0.4, -0.2) is 19.2 Å². The Morgan fingerprint density at radius 2 is 1.60 bits per heavy atom. The van der Waals surface area contributed by atoms with Gasteiger partial charge in [-0.2, -0.15) is 0 Å². The summed E-state index contributed by atoms with van der Waals surface area (Å²) in [5.41, 5.74) is -0.294. The molecule has 0 saturated heterocycles. The van der Waals surface area contributed by atoms with E-state index in [1.807, 2.05) is 19.6 Å². The van der Waals surface area contributed by atoms with Crippen molar-refractivity contribution in [3.8, 4) is 0 Å². The number of aliphatic hydroxyl groups is 1. The van der Waals surface area contributed by atoms with Crippen LogP contribution in [0.2, 0.25) is 24.7 Å². The van der Waals surface area contributed by atoms with Gasteiger partial charge in [0.25, 0.3) is 0 Å². The predicted octanol–water partition coefficient (Wildman–Crippen LogP) is 3.95. The molecular formula is C15H23ClO3Si. The molecule has 0 aromatic heterocycles. The Kier molecular flexibility index (Phi) is 4.86. The van der Waals surface area contributed by atoms with Gasteiger partial charge in [-0.25, -0.2) is 0 Å². The van der Waals surface area contributed by atoms with Gasteiger partial charge in [0.1, 0.15) is 0 Å². The third-order valence-corrected chi connectivity index (χ3v) is 3.84. The Bertz CT molecular complexity index is 485. The van der Waals surface area contributed by atoms with Crippen LogP contribution in [0.4, 0.5) is 0 Å². The standard InChI is InChI=1S/C15H23ClO3Si/c1-14(2,3)13(17)15(18,19-20(4,5)6)11-7-9-12(16)10-8-11/h7-10,18H,1-6H3. The molecule has 1 unspecified atom stereocenters. The molecule has 3 nitrogen and oxygen atoms in total. The number of hydrogen-bond donors (Lipinski definition) is 1. The van der Waals surface area contributed by atoms with Crippen LogP contribution in [0, 0.1) is 5.41 Å². The average molecular weight is 315 g/mol. The summed E-state index contributed by atoms with van der Waals surface area (Å²) in [5, 5.41) is 11.5. The van der Waals surface area contributed by atoms with Crippen molar-refractivity contribution in [1.82, 2.24) is 0 Å². The molecule has 0 heterocycles. The van der Waals surface area contributed by atoms with Gasteiger partial charge >= 0.3 is 0 Å². The first-order chi connectivity index (χ1) is 8.86. The number of ketones is 1. The van der Waals surface area contributed by atoms with Crippen LogP contribution >= 0.6 is 11.6 Å². The number of rotatable bonds is 4. The molecule has 0 fully saturated rings. The molecule has 0 aliphatic heterocycles. The van der Waals surface area contributed by atoms with Crippen molar-refractivity contribution in [2.24, 2.45) is 5.41 Å². The lowest BCUT2D eigenvalue weighted by Gasteiger charge is -2.37. The second-order valence-electron chi connectivity index (χ2n) is 6.94. The molecule has 20 heavy (non-hydrogen) atoms. The molecular weight excluding hydrogens is 292 g/mol. The highest BCUT2D eigenvalue weighted by Crippen LogP contribution is 2.35. The first kappa shape index (κ1) is 17.4. The molecule has 1 atom stereocenters. The maximum absolute atomic E-state index is 12.7. The molecule has 0 aliphatic rings. The van der Waals surface area contributed by atoms with E-state index in [4.69, 9.17) is 16.0 Å². The Morgan fingerprint density at radius 3 is 1.95 bits per heavy atom. The van der Waals surface area contributed by atoms with Gasteiger partial charge in [0.05, 0.1) is 0 Å².